The fourth-order valence-corrected chi connectivity index (χ4v) is 2.00. The number of amides is 2. The summed E-state index contributed by atoms with van der Waals surface area (Å²) in [5.41, 5.74) is 0.455. The second-order valence-corrected chi connectivity index (χ2v) is 4.71. The Labute approximate surface area is 147 Å². The lowest BCUT2D eigenvalue weighted by molar-refractivity contribution is -0.141. The van der Waals surface area contributed by atoms with E-state index in [1.807, 2.05) is 20.8 Å². The molecule has 0 aliphatic carbocycles. The van der Waals surface area contributed by atoms with Gasteiger partial charge in [-0.05, 0) is 27.7 Å². The molecule has 0 radical (unpaired) electrons. The molecule has 1 aromatic rings. The molecule has 8 nitrogen and oxygen atoms in total. The molecular weight excluding hydrogens is 328 g/mol. The normalized spacial score (nSPS) is 9.92. The van der Waals surface area contributed by atoms with Crippen molar-refractivity contribution in [3.63, 3.8) is 0 Å². The highest BCUT2D eigenvalue weighted by molar-refractivity contribution is 5.92. The molecule has 0 aliphatic heterocycles. The summed E-state index contributed by atoms with van der Waals surface area (Å²) < 4.78 is 21.5. The first-order valence-electron chi connectivity index (χ1n) is 8.32. The first kappa shape index (κ1) is 20.4. The minimum Gasteiger partial charge on any atom is -0.490 e. The molecule has 2 amide bonds. The molecule has 0 atom stereocenters. The fourth-order valence-electron chi connectivity index (χ4n) is 2.00. The van der Waals surface area contributed by atoms with Gasteiger partial charge in [-0.1, -0.05) is 0 Å². The molecule has 0 aliphatic rings. The van der Waals surface area contributed by atoms with Crippen molar-refractivity contribution in [1.29, 1.82) is 0 Å². The molecule has 0 bridgehead atoms. The van der Waals surface area contributed by atoms with Crippen LogP contribution in [-0.2, 0) is 9.53 Å². The maximum atomic E-state index is 11.9. The van der Waals surface area contributed by atoms with E-state index in [9.17, 15) is 9.59 Å². The molecule has 2 N–H and O–H groups in total. The van der Waals surface area contributed by atoms with Crippen molar-refractivity contribution in [1.82, 2.24) is 5.32 Å². The summed E-state index contributed by atoms with van der Waals surface area (Å²) in [5, 5.41) is 5.05. The van der Waals surface area contributed by atoms with E-state index in [1.165, 1.54) is 0 Å². The first-order chi connectivity index (χ1) is 12.0. The summed E-state index contributed by atoms with van der Waals surface area (Å²) in [7, 11) is 0. The third kappa shape index (κ3) is 6.78. The maximum Gasteiger partial charge on any atom is 0.325 e. The highest BCUT2D eigenvalue weighted by atomic mass is 16.5. The Bertz CT molecular complexity index is 549. The Balaban J connectivity index is 2.90. The average molecular weight is 354 g/mol. The molecular formula is C17H26N2O6. The highest BCUT2D eigenvalue weighted by Gasteiger charge is 2.16. The highest BCUT2D eigenvalue weighted by Crippen LogP contribution is 2.40. The van der Waals surface area contributed by atoms with E-state index in [-0.39, 0.29) is 13.2 Å². The number of anilines is 1. The van der Waals surface area contributed by atoms with Crippen LogP contribution < -0.4 is 24.8 Å². The van der Waals surface area contributed by atoms with Crippen LogP contribution in [0.4, 0.5) is 10.5 Å². The van der Waals surface area contributed by atoms with Crippen LogP contribution >= 0.6 is 0 Å². The van der Waals surface area contributed by atoms with Gasteiger partial charge in [0.05, 0.1) is 32.1 Å². The topological polar surface area (TPSA) is 95.1 Å². The smallest absolute Gasteiger partial charge is 0.325 e. The van der Waals surface area contributed by atoms with E-state index in [4.69, 9.17) is 18.9 Å². The lowest BCUT2D eigenvalue weighted by Crippen LogP contribution is -2.34. The second kappa shape index (κ2) is 11.0. The molecule has 0 spiro atoms. The molecule has 25 heavy (non-hydrogen) atoms. The number of carbonyl (C=O) groups excluding carboxylic acids is 2. The first-order valence-corrected chi connectivity index (χ1v) is 8.32. The number of ether oxygens (including phenoxy) is 4. The van der Waals surface area contributed by atoms with Gasteiger partial charge in [-0.3, -0.25) is 4.79 Å². The van der Waals surface area contributed by atoms with Crippen molar-refractivity contribution < 1.29 is 28.5 Å². The number of urea groups is 1. The average Bonchev–Trinajstić information content (AvgIpc) is 2.57. The van der Waals surface area contributed by atoms with Crippen molar-refractivity contribution >= 4 is 17.7 Å². The SMILES string of the molecule is CCOC(=O)CNC(=O)Nc1cc(OCC)c(OCC)c(OCC)c1. The van der Waals surface area contributed by atoms with E-state index in [0.717, 1.165) is 0 Å². The van der Waals surface area contributed by atoms with Crippen LogP contribution in [0.3, 0.4) is 0 Å². The summed E-state index contributed by atoms with van der Waals surface area (Å²) in [6, 6.07) is 2.74. The van der Waals surface area contributed by atoms with Crippen LogP contribution in [0.15, 0.2) is 12.1 Å². The van der Waals surface area contributed by atoms with Crippen LogP contribution in [0, 0.1) is 0 Å². The van der Waals surface area contributed by atoms with Gasteiger partial charge in [0.25, 0.3) is 0 Å². The Morgan fingerprint density at radius 1 is 0.880 bits per heavy atom. The zero-order valence-electron chi connectivity index (χ0n) is 15.1. The summed E-state index contributed by atoms with van der Waals surface area (Å²) in [5.74, 6) is 0.921. The van der Waals surface area contributed by atoms with Crippen LogP contribution in [0.25, 0.3) is 0 Å². The molecule has 0 heterocycles. The van der Waals surface area contributed by atoms with Crippen molar-refractivity contribution in [2.24, 2.45) is 0 Å². The summed E-state index contributed by atoms with van der Waals surface area (Å²) >= 11 is 0. The van der Waals surface area contributed by atoms with Gasteiger partial charge in [0.1, 0.15) is 6.54 Å². The molecule has 140 valence electrons. The van der Waals surface area contributed by atoms with Crippen LogP contribution in [0.5, 0.6) is 17.2 Å². The van der Waals surface area contributed by atoms with E-state index in [0.29, 0.717) is 42.8 Å². The van der Waals surface area contributed by atoms with Crippen molar-refractivity contribution in [3.05, 3.63) is 12.1 Å². The van der Waals surface area contributed by atoms with Crippen molar-refractivity contribution in [3.8, 4) is 17.2 Å². The molecule has 0 saturated carbocycles. The fraction of sp³-hybridized carbons (Fsp3) is 0.529. The summed E-state index contributed by atoms with van der Waals surface area (Å²) in [6.45, 7) is 8.62. The Morgan fingerprint density at radius 3 is 1.92 bits per heavy atom. The number of hydrogen-bond donors (Lipinski definition) is 2. The maximum absolute atomic E-state index is 11.9. The molecule has 1 rings (SSSR count). The largest absolute Gasteiger partial charge is 0.490 e. The van der Waals surface area contributed by atoms with Gasteiger partial charge in [0, 0.05) is 12.1 Å². The van der Waals surface area contributed by atoms with Gasteiger partial charge in [-0.25, -0.2) is 4.79 Å². The predicted molar refractivity (Wildman–Crippen MR) is 93.6 cm³/mol. The molecule has 0 fully saturated rings. The van der Waals surface area contributed by atoms with E-state index >= 15 is 0 Å². The predicted octanol–water partition coefficient (Wildman–Crippen LogP) is 2.57. The third-order valence-electron chi connectivity index (χ3n) is 2.87. The number of rotatable bonds is 10. The minimum atomic E-state index is -0.540. The number of esters is 1. The zero-order chi connectivity index (χ0) is 18.7. The Kier molecular flexibility index (Phi) is 8.99. The lowest BCUT2D eigenvalue weighted by atomic mass is 10.2. The Morgan fingerprint density at radius 2 is 1.44 bits per heavy atom. The standard InChI is InChI=1S/C17H26N2O6/c1-5-22-13-9-12(10-14(23-6-2)16(13)25-8-4)19-17(21)18-11-15(20)24-7-3/h9-10H,5-8,11H2,1-4H3,(H2,18,19,21). The van der Waals surface area contributed by atoms with Gasteiger partial charge in [-0.15, -0.1) is 0 Å². The number of benzene rings is 1. The van der Waals surface area contributed by atoms with Gasteiger partial charge in [0.15, 0.2) is 11.5 Å². The monoisotopic (exact) mass is 354 g/mol. The Hall–Kier alpha value is -2.64. The van der Waals surface area contributed by atoms with Crippen LogP contribution in [0.1, 0.15) is 27.7 Å². The number of hydrogen-bond acceptors (Lipinski definition) is 6. The summed E-state index contributed by atoms with van der Waals surface area (Å²) in [6.07, 6.45) is 0. The third-order valence-corrected chi connectivity index (χ3v) is 2.87. The zero-order valence-corrected chi connectivity index (χ0v) is 15.1. The molecule has 0 unspecified atom stereocenters. The lowest BCUT2D eigenvalue weighted by Gasteiger charge is -2.17. The van der Waals surface area contributed by atoms with Crippen molar-refractivity contribution in [2.45, 2.75) is 27.7 Å². The van der Waals surface area contributed by atoms with Crippen molar-refractivity contribution in [2.75, 3.05) is 38.3 Å². The van der Waals surface area contributed by atoms with Crippen LogP contribution in [-0.4, -0.2) is 45.0 Å². The summed E-state index contributed by atoms with van der Waals surface area (Å²) in [4.78, 5) is 23.2. The van der Waals surface area contributed by atoms with Gasteiger partial charge in [0.2, 0.25) is 5.75 Å². The molecule has 8 heteroatoms. The van der Waals surface area contributed by atoms with E-state index < -0.39 is 12.0 Å². The van der Waals surface area contributed by atoms with Gasteiger partial charge in [-0.2, -0.15) is 0 Å². The molecule has 0 saturated heterocycles. The van der Waals surface area contributed by atoms with Gasteiger partial charge < -0.3 is 29.6 Å². The van der Waals surface area contributed by atoms with E-state index in [1.54, 1.807) is 19.1 Å². The van der Waals surface area contributed by atoms with E-state index in [2.05, 4.69) is 10.6 Å². The van der Waals surface area contributed by atoms with Crippen LogP contribution in [0.2, 0.25) is 0 Å². The minimum absolute atomic E-state index is 0.215. The number of carbonyl (C=O) groups is 2. The quantitative estimate of drug-likeness (QED) is 0.627. The number of nitrogens with one attached hydrogen (secondary N) is 2. The van der Waals surface area contributed by atoms with Gasteiger partial charge >= 0.3 is 12.0 Å². The second-order valence-electron chi connectivity index (χ2n) is 4.71. The molecule has 0 aromatic heterocycles. The molecule has 1 aromatic carbocycles.